The SMILES string of the molecule is Cc1cc(OCCNCC(F)(F)F)cc(C)c1Cl. The Morgan fingerprint density at radius 2 is 1.78 bits per heavy atom. The van der Waals surface area contributed by atoms with E-state index >= 15 is 0 Å². The van der Waals surface area contributed by atoms with E-state index in [0.717, 1.165) is 11.1 Å². The van der Waals surface area contributed by atoms with Crippen LogP contribution in [0.1, 0.15) is 11.1 Å². The van der Waals surface area contributed by atoms with Gasteiger partial charge in [0.25, 0.3) is 0 Å². The summed E-state index contributed by atoms with van der Waals surface area (Å²) < 4.78 is 40.9. The highest BCUT2D eigenvalue weighted by atomic mass is 35.5. The minimum Gasteiger partial charge on any atom is -0.492 e. The van der Waals surface area contributed by atoms with Gasteiger partial charge in [-0.05, 0) is 37.1 Å². The van der Waals surface area contributed by atoms with Crippen LogP contribution in [-0.2, 0) is 0 Å². The lowest BCUT2D eigenvalue weighted by Gasteiger charge is -2.11. The zero-order valence-corrected chi connectivity index (χ0v) is 11.0. The molecular weight excluding hydrogens is 267 g/mol. The molecule has 1 N–H and O–H groups in total. The van der Waals surface area contributed by atoms with Crippen LogP contribution < -0.4 is 10.1 Å². The third kappa shape index (κ3) is 5.14. The summed E-state index contributed by atoms with van der Waals surface area (Å²) in [5, 5.41) is 2.94. The molecule has 0 amide bonds. The van der Waals surface area contributed by atoms with Gasteiger partial charge in [0.15, 0.2) is 0 Å². The number of benzene rings is 1. The van der Waals surface area contributed by atoms with E-state index in [1.807, 2.05) is 13.8 Å². The first-order chi connectivity index (χ1) is 8.29. The maximum Gasteiger partial charge on any atom is 0.401 e. The third-order valence-electron chi connectivity index (χ3n) is 2.28. The van der Waals surface area contributed by atoms with Crippen molar-refractivity contribution in [1.82, 2.24) is 5.32 Å². The van der Waals surface area contributed by atoms with Crippen LogP contribution >= 0.6 is 11.6 Å². The molecule has 0 saturated carbocycles. The quantitative estimate of drug-likeness (QED) is 0.834. The van der Waals surface area contributed by atoms with Crippen molar-refractivity contribution in [2.75, 3.05) is 19.7 Å². The highest BCUT2D eigenvalue weighted by molar-refractivity contribution is 6.32. The summed E-state index contributed by atoms with van der Waals surface area (Å²) >= 11 is 5.99. The molecule has 1 rings (SSSR count). The summed E-state index contributed by atoms with van der Waals surface area (Å²) in [4.78, 5) is 0. The smallest absolute Gasteiger partial charge is 0.401 e. The standard InChI is InChI=1S/C12H15ClF3NO/c1-8-5-10(6-9(2)11(8)13)18-4-3-17-7-12(14,15)16/h5-6,17H,3-4,7H2,1-2H3. The summed E-state index contributed by atoms with van der Waals surface area (Å²) in [6.45, 7) is 3.01. The Hall–Kier alpha value is -0.940. The van der Waals surface area contributed by atoms with E-state index in [0.29, 0.717) is 10.8 Å². The summed E-state index contributed by atoms with van der Waals surface area (Å²) in [6, 6.07) is 3.53. The van der Waals surface area contributed by atoms with Crippen molar-refractivity contribution in [1.29, 1.82) is 0 Å². The predicted octanol–water partition coefficient (Wildman–Crippen LogP) is 3.49. The number of hydrogen-bond donors (Lipinski definition) is 1. The Morgan fingerprint density at radius 3 is 2.28 bits per heavy atom. The molecule has 0 aliphatic rings. The number of nitrogens with one attached hydrogen (secondary N) is 1. The average molecular weight is 282 g/mol. The van der Waals surface area contributed by atoms with Crippen LogP contribution in [0.15, 0.2) is 12.1 Å². The molecule has 0 aliphatic carbocycles. The van der Waals surface area contributed by atoms with Crippen LogP contribution in [0.4, 0.5) is 13.2 Å². The van der Waals surface area contributed by atoms with Crippen molar-refractivity contribution in [2.24, 2.45) is 0 Å². The van der Waals surface area contributed by atoms with E-state index in [1.165, 1.54) is 0 Å². The molecule has 0 aromatic heterocycles. The fourth-order valence-corrected chi connectivity index (χ4v) is 1.57. The first-order valence-electron chi connectivity index (χ1n) is 5.46. The number of halogens is 4. The first-order valence-corrected chi connectivity index (χ1v) is 5.84. The lowest BCUT2D eigenvalue weighted by atomic mass is 10.1. The van der Waals surface area contributed by atoms with Gasteiger partial charge in [0.2, 0.25) is 0 Å². The Kier molecular flexibility index (Phi) is 5.28. The second-order valence-electron chi connectivity index (χ2n) is 4.01. The second-order valence-corrected chi connectivity index (χ2v) is 4.39. The number of hydrogen-bond acceptors (Lipinski definition) is 2. The lowest BCUT2D eigenvalue weighted by molar-refractivity contribution is -0.124. The summed E-state index contributed by atoms with van der Waals surface area (Å²) in [5.41, 5.74) is 1.77. The molecule has 102 valence electrons. The van der Waals surface area contributed by atoms with Crippen LogP contribution in [0.3, 0.4) is 0 Å². The lowest BCUT2D eigenvalue weighted by Crippen LogP contribution is -2.31. The molecule has 0 unspecified atom stereocenters. The van der Waals surface area contributed by atoms with Gasteiger partial charge >= 0.3 is 6.18 Å². The van der Waals surface area contributed by atoms with Gasteiger partial charge in [0.1, 0.15) is 12.4 Å². The average Bonchev–Trinajstić information content (AvgIpc) is 2.23. The fourth-order valence-electron chi connectivity index (χ4n) is 1.46. The van der Waals surface area contributed by atoms with Crippen LogP contribution in [0.5, 0.6) is 5.75 Å². The van der Waals surface area contributed by atoms with Crippen molar-refractivity contribution in [3.63, 3.8) is 0 Å². The topological polar surface area (TPSA) is 21.3 Å². The third-order valence-corrected chi connectivity index (χ3v) is 2.88. The molecule has 0 spiro atoms. The highest BCUT2D eigenvalue weighted by Crippen LogP contribution is 2.25. The van der Waals surface area contributed by atoms with Gasteiger partial charge in [-0.25, -0.2) is 0 Å². The summed E-state index contributed by atoms with van der Waals surface area (Å²) in [6.07, 6.45) is -4.19. The maximum absolute atomic E-state index is 11.8. The van der Waals surface area contributed by atoms with Crippen LogP contribution in [-0.4, -0.2) is 25.9 Å². The Morgan fingerprint density at radius 1 is 1.22 bits per heavy atom. The van der Waals surface area contributed by atoms with E-state index in [9.17, 15) is 13.2 Å². The van der Waals surface area contributed by atoms with Gasteiger partial charge in [0, 0.05) is 11.6 Å². The molecule has 0 radical (unpaired) electrons. The largest absolute Gasteiger partial charge is 0.492 e. The molecular formula is C12H15ClF3NO. The van der Waals surface area contributed by atoms with E-state index < -0.39 is 12.7 Å². The minimum atomic E-state index is -4.19. The van der Waals surface area contributed by atoms with Gasteiger partial charge in [-0.3, -0.25) is 0 Å². The van der Waals surface area contributed by atoms with E-state index in [4.69, 9.17) is 16.3 Å². The van der Waals surface area contributed by atoms with Crippen LogP contribution in [0, 0.1) is 13.8 Å². The zero-order valence-electron chi connectivity index (χ0n) is 10.2. The van der Waals surface area contributed by atoms with Crippen molar-refractivity contribution < 1.29 is 17.9 Å². The van der Waals surface area contributed by atoms with Crippen molar-refractivity contribution >= 4 is 11.6 Å². The molecule has 1 aromatic rings. The van der Waals surface area contributed by atoms with Crippen molar-refractivity contribution in [3.8, 4) is 5.75 Å². The van der Waals surface area contributed by atoms with Gasteiger partial charge in [-0.1, -0.05) is 11.6 Å². The number of alkyl halides is 3. The number of aryl methyl sites for hydroxylation is 2. The predicted molar refractivity (Wildman–Crippen MR) is 65.3 cm³/mol. The van der Waals surface area contributed by atoms with E-state index in [-0.39, 0.29) is 13.2 Å². The highest BCUT2D eigenvalue weighted by Gasteiger charge is 2.25. The van der Waals surface area contributed by atoms with Gasteiger partial charge in [-0.2, -0.15) is 13.2 Å². The molecule has 2 nitrogen and oxygen atoms in total. The monoisotopic (exact) mass is 281 g/mol. The van der Waals surface area contributed by atoms with Crippen molar-refractivity contribution in [2.45, 2.75) is 20.0 Å². The Balaban J connectivity index is 2.36. The summed E-state index contributed by atoms with van der Waals surface area (Å²) in [5.74, 6) is 0.614. The number of rotatable bonds is 5. The zero-order chi connectivity index (χ0) is 13.8. The normalized spacial score (nSPS) is 11.7. The molecule has 0 heterocycles. The molecule has 18 heavy (non-hydrogen) atoms. The Bertz CT molecular complexity index is 384. The molecule has 0 bridgehead atoms. The van der Waals surface area contributed by atoms with E-state index in [2.05, 4.69) is 5.32 Å². The van der Waals surface area contributed by atoms with Gasteiger partial charge < -0.3 is 10.1 Å². The minimum absolute atomic E-state index is 0.139. The van der Waals surface area contributed by atoms with E-state index in [1.54, 1.807) is 12.1 Å². The van der Waals surface area contributed by atoms with Gasteiger partial charge in [-0.15, -0.1) is 0 Å². The molecule has 0 fully saturated rings. The molecule has 0 aliphatic heterocycles. The second kappa shape index (κ2) is 6.29. The fraction of sp³-hybridized carbons (Fsp3) is 0.500. The summed E-state index contributed by atoms with van der Waals surface area (Å²) in [7, 11) is 0. The van der Waals surface area contributed by atoms with Crippen LogP contribution in [0.2, 0.25) is 5.02 Å². The van der Waals surface area contributed by atoms with Crippen LogP contribution in [0.25, 0.3) is 0 Å². The number of ether oxygens (including phenoxy) is 1. The van der Waals surface area contributed by atoms with Crippen molar-refractivity contribution in [3.05, 3.63) is 28.3 Å². The maximum atomic E-state index is 11.8. The van der Waals surface area contributed by atoms with Gasteiger partial charge in [0.05, 0.1) is 6.54 Å². The molecule has 0 atom stereocenters. The molecule has 1 aromatic carbocycles. The first kappa shape index (κ1) is 15.1. The Labute approximate surface area is 109 Å². The molecule has 0 saturated heterocycles. The molecule has 6 heteroatoms.